The van der Waals surface area contributed by atoms with Gasteiger partial charge in [-0.2, -0.15) is 0 Å². The smallest absolute Gasteiger partial charge is 0.306 e. The molecule has 0 heterocycles. The Kier molecular flexibility index (Phi) is 75.6. The minimum atomic E-state index is -0.0115. The number of rotatable bonds is 39. The number of carbonyl (C=O) groups is 2. The fraction of sp³-hybridized carbons (Fsp3) is 0.962. The van der Waals surface area contributed by atoms with Gasteiger partial charge in [0.15, 0.2) is 0 Å². The summed E-state index contributed by atoms with van der Waals surface area (Å²) in [7, 11) is 2.11. The summed E-state index contributed by atoms with van der Waals surface area (Å²) in [5.41, 5.74) is 0. The molecule has 6 nitrogen and oxygen atoms in total. The summed E-state index contributed by atoms with van der Waals surface area (Å²) in [5, 5.41) is 3.56. The van der Waals surface area contributed by atoms with E-state index in [1.165, 1.54) is 141 Å². The zero-order valence-corrected chi connectivity index (χ0v) is 43.5. The Balaban J connectivity index is -0.000000396. The minimum Gasteiger partial charge on any atom is -0.466 e. The van der Waals surface area contributed by atoms with Crippen LogP contribution in [0.2, 0.25) is 0 Å². The Bertz CT molecular complexity index is 721. The van der Waals surface area contributed by atoms with E-state index in [0.29, 0.717) is 19.4 Å². The van der Waals surface area contributed by atoms with Crippen LogP contribution in [0.5, 0.6) is 0 Å². The summed E-state index contributed by atoms with van der Waals surface area (Å²) in [6.07, 6.45) is 41.2. The van der Waals surface area contributed by atoms with E-state index < -0.39 is 0 Å². The number of hydrogen-bond acceptors (Lipinski definition) is 7. The molecule has 360 valence electrons. The molecule has 0 aliphatic rings. The molecular formula is C52H112N2O4S. The van der Waals surface area contributed by atoms with Crippen molar-refractivity contribution in [2.45, 2.75) is 287 Å². The Morgan fingerprint density at radius 1 is 0.475 bits per heavy atom. The molecule has 0 aromatic carbocycles. The monoisotopic (exact) mass is 861 g/mol. The van der Waals surface area contributed by atoms with Crippen molar-refractivity contribution in [2.24, 2.45) is 0 Å². The third kappa shape index (κ3) is 72.0. The summed E-state index contributed by atoms with van der Waals surface area (Å²) >= 11 is 1.78. The van der Waals surface area contributed by atoms with Gasteiger partial charge in [0.05, 0.1) is 6.61 Å². The number of nitrogens with zero attached hydrogens (tertiary/aromatic N) is 1. The zero-order chi connectivity index (χ0) is 45.3. The fourth-order valence-corrected chi connectivity index (χ4v) is 6.60. The molecule has 0 saturated heterocycles. The average Bonchev–Trinajstić information content (AvgIpc) is 3.24. The lowest BCUT2D eigenvalue weighted by Gasteiger charge is -2.17. The Labute approximate surface area is 377 Å². The molecule has 0 aliphatic heterocycles. The molecule has 0 fully saturated rings. The van der Waals surface area contributed by atoms with Crippen molar-refractivity contribution in [1.29, 1.82) is 0 Å². The van der Waals surface area contributed by atoms with Gasteiger partial charge < -0.3 is 14.8 Å². The number of nitrogens with one attached hydrogen (secondary N) is 1. The van der Waals surface area contributed by atoms with E-state index in [4.69, 9.17) is 9.47 Å². The maximum atomic E-state index is 12.1. The van der Waals surface area contributed by atoms with Crippen molar-refractivity contribution < 1.29 is 19.1 Å². The van der Waals surface area contributed by atoms with Gasteiger partial charge in [-0.1, -0.05) is 229 Å². The van der Waals surface area contributed by atoms with Crippen LogP contribution in [-0.2, 0) is 19.1 Å². The van der Waals surface area contributed by atoms with E-state index in [9.17, 15) is 9.59 Å². The van der Waals surface area contributed by atoms with Gasteiger partial charge in [0.25, 0.3) is 0 Å². The van der Waals surface area contributed by atoms with Gasteiger partial charge in [-0.15, -0.1) is 0 Å². The summed E-state index contributed by atoms with van der Waals surface area (Å²) < 4.78 is 13.3. The SMILES string of the molecule is CC.CCCCC.CCCCCC.CCCCCCCCCCOC(=O)CCCCCCCNCCCCCCCC(=O)OC(CCC)CCCC.CCCN(C)SC. The van der Waals surface area contributed by atoms with Gasteiger partial charge in [0.2, 0.25) is 0 Å². The van der Waals surface area contributed by atoms with Crippen LogP contribution >= 0.6 is 11.9 Å². The van der Waals surface area contributed by atoms with Crippen LogP contribution in [0.25, 0.3) is 0 Å². The molecule has 0 aliphatic carbocycles. The molecule has 1 N–H and O–H groups in total. The molecule has 0 spiro atoms. The lowest BCUT2D eigenvalue weighted by atomic mass is 10.1. The number of carbonyl (C=O) groups excluding carboxylic acids is 2. The van der Waals surface area contributed by atoms with Gasteiger partial charge in [0.1, 0.15) is 6.10 Å². The molecule has 1 atom stereocenters. The van der Waals surface area contributed by atoms with Gasteiger partial charge in [-0.25, -0.2) is 0 Å². The van der Waals surface area contributed by atoms with E-state index in [1.54, 1.807) is 11.9 Å². The van der Waals surface area contributed by atoms with Crippen molar-refractivity contribution in [1.82, 2.24) is 9.62 Å². The topological polar surface area (TPSA) is 67.9 Å². The second-order valence-electron chi connectivity index (χ2n) is 16.1. The first kappa shape index (κ1) is 67.3. The third-order valence-electron chi connectivity index (χ3n) is 10.0. The quantitative estimate of drug-likeness (QED) is 0.0375. The van der Waals surface area contributed by atoms with Crippen LogP contribution in [0.4, 0.5) is 0 Å². The predicted molar refractivity (Wildman–Crippen MR) is 269 cm³/mol. The number of esters is 2. The number of hydrogen-bond donors (Lipinski definition) is 1. The Hall–Kier alpha value is -0.790. The maximum Gasteiger partial charge on any atom is 0.306 e. The van der Waals surface area contributed by atoms with Crippen molar-refractivity contribution in [3.8, 4) is 0 Å². The van der Waals surface area contributed by atoms with Crippen LogP contribution in [0, 0.1) is 0 Å². The molecule has 0 radical (unpaired) electrons. The minimum absolute atomic E-state index is 0.000219. The largest absolute Gasteiger partial charge is 0.466 e. The molecule has 0 saturated carbocycles. The van der Waals surface area contributed by atoms with Gasteiger partial charge >= 0.3 is 11.9 Å². The van der Waals surface area contributed by atoms with Crippen molar-refractivity contribution in [2.75, 3.05) is 39.5 Å². The molecule has 7 heteroatoms. The second kappa shape index (κ2) is 66.3. The molecule has 0 amide bonds. The highest BCUT2D eigenvalue weighted by Gasteiger charge is 2.13. The second-order valence-corrected chi connectivity index (χ2v) is 17.1. The first-order valence-electron chi connectivity index (χ1n) is 26.1. The molecule has 59 heavy (non-hydrogen) atoms. The summed E-state index contributed by atoms with van der Waals surface area (Å²) in [4.78, 5) is 23.9. The molecule has 0 bridgehead atoms. The van der Waals surface area contributed by atoms with Crippen LogP contribution in [-0.4, -0.2) is 61.9 Å². The van der Waals surface area contributed by atoms with Crippen LogP contribution in [0.3, 0.4) is 0 Å². The van der Waals surface area contributed by atoms with E-state index in [1.807, 2.05) is 13.8 Å². The molecule has 0 aromatic heterocycles. The standard InChI is InChI=1S/C34H67NO4.C6H14.C5H13NS.C5H12.C2H6/c1-4-7-9-10-11-12-19-24-31-38-33(36)27-20-15-13-17-22-29-35-30-23-18-14-16-21-28-34(37)39-32(25-6-3)26-8-5-2;1-3-5-6-4-2;1-4-5-6(2)7-3;1-3-5-4-2;1-2/h32,35H,4-31H2,1-3H3;3-6H2,1-2H3;4-5H2,1-3H3;3-5H2,1-2H3;1-2H3. The van der Waals surface area contributed by atoms with E-state index in [-0.39, 0.29) is 18.0 Å². The molecule has 0 aromatic rings. The normalized spacial score (nSPS) is 10.9. The fourth-order valence-electron chi connectivity index (χ4n) is 6.24. The lowest BCUT2D eigenvalue weighted by Crippen LogP contribution is -2.18. The number of unbranched alkanes of at least 4 members (excludes halogenated alkanes) is 21. The summed E-state index contributed by atoms with van der Waals surface area (Å²) in [6.45, 7) is 25.6. The average molecular weight is 862 g/mol. The van der Waals surface area contributed by atoms with Gasteiger partial charge in [-0.3, -0.25) is 13.9 Å². The highest BCUT2D eigenvalue weighted by atomic mass is 32.2. The Morgan fingerprint density at radius 2 is 0.881 bits per heavy atom. The van der Waals surface area contributed by atoms with E-state index in [2.05, 4.69) is 78.3 Å². The summed E-state index contributed by atoms with van der Waals surface area (Å²) in [5.74, 6) is -0.0113. The maximum absolute atomic E-state index is 12.1. The van der Waals surface area contributed by atoms with Crippen molar-refractivity contribution >= 4 is 23.9 Å². The lowest BCUT2D eigenvalue weighted by molar-refractivity contribution is -0.150. The Morgan fingerprint density at radius 3 is 1.29 bits per heavy atom. The van der Waals surface area contributed by atoms with Crippen molar-refractivity contribution in [3.05, 3.63) is 0 Å². The summed E-state index contributed by atoms with van der Waals surface area (Å²) in [6, 6.07) is 0. The first-order valence-corrected chi connectivity index (χ1v) is 27.3. The van der Waals surface area contributed by atoms with E-state index in [0.717, 1.165) is 77.3 Å². The zero-order valence-electron chi connectivity index (χ0n) is 42.7. The van der Waals surface area contributed by atoms with Crippen molar-refractivity contribution in [3.63, 3.8) is 0 Å². The van der Waals surface area contributed by atoms with Gasteiger partial charge in [0, 0.05) is 19.4 Å². The van der Waals surface area contributed by atoms with Crippen LogP contribution in [0.1, 0.15) is 281 Å². The predicted octanol–water partition coefficient (Wildman–Crippen LogP) is 17.3. The highest BCUT2D eigenvalue weighted by molar-refractivity contribution is 7.96. The molecule has 1 unspecified atom stereocenters. The third-order valence-corrected chi connectivity index (χ3v) is 10.8. The highest BCUT2D eigenvalue weighted by Crippen LogP contribution is 2.14. The van der Waals surface area contributed by atoms with Crippen LogP contribution in [0.15, 0.2) is 0 Å². The first-order chi connectivity index (χ1) is 28.8. The van der Waals surface area contributed by atoms with E-state index >= 15 is 0 Å². The van der Waals surface area contributed by atoms with Gasteiger partial charge in [-0.05, 0) is 77.8 Å². The number of ether oxygens (including phenoxy) is 2. The van der Waals surface area contributed by atoms with Crippen LogP contribution < -0.4 is 5.32 Å². The molecular weight excluding hydrogens is 749 g/mol. The molecule has 0 rings (SSSR count).